The molecule has 0 spiro atoms. The zero-order chi connectivity index (χ0) is 31.9. The van der Waals surface area contributed by atoms with E-state index >= 15 is 0 Å². The summed E-state index contributed by atoms with van der Waals surface area (Å²) in [6.07, 6.45) is 0.148. The molecule has 4 aromatic carbocycles. The van der Waals surface area contributed by atoms with Crippen molar-refractivity contribution in [1.29, 1.82) is 0 Å². The fraction of sp³-hybridized carbons (Fsp3) is 0.188. The molecule has 0 aromatic heterocycles. The van der Waals surface area contributed by atoms with Crippen molar-refractivity contribution in [2.75, 3.05) is 17.4 Å². The van der Waals surface area contributed by atoms with E-state index in [4.69, 9.17) is 46.4 Å². The highest BCUT2D eigenvalue weighted by Gasteiger charge is 2.35. The number of carbonyl (C=O) groups is 2. The van der Waals surface area contributed by atoms with Crippen molar-refractivity contribution in [1.82, 2.24) is 10.2 Å². The van der Waals surface area contributed by atoms with Gasteiger partial charge in [0.15, 0.2) is 0 Å². The Hall–Kier alpha value is -3.27. The maximum Gasteiger partial charge on any atom is 0.264 e. The number of nitrogens with zero attached hydrogens (tertiary/aromatic N) is 2. The number of hydrogen-bond acceptors (Lipinski definition) is 4. The second-order valence-electron chi connectivity index (χ2n) is 9.77. The molecular formula is C32H29Cl4N3O4S. The fourth-order valence-electron chi connectivity index (χ4n) is 4.63. The molecule has 4 rings (SSSR count). The summed E-state index contributed by atoms with van der Waals surface area (Å²) in [5.74, 6) is -1.10. The van der Waals surface area contributed by atoms with Crippen LogP contribution in [-0.4, -0.2) is 44.3 Å². The minimum absolute atomic E-state index is 0.0471. The highest BCUT2D eigenvalue weighted by molar-refractivity contribution is 7.92. The van der Waals surface area contributed by atoms with Crippen LogP contribution in [0, 0.1) is 0 Å². The van der Waals surface area contributed by atoms with Crippen LogP contribution < -0.4 is 9.62 Å². The average molecular weight is 693 g/mol. The monoisotopic (exact) mass is 691 g/mol. The zero-order valence-electron chi connectivity index (χ0n) is 23.6. The molecule has 44 heavy (non-hydrogen) atoms. The smallest absolute Gasteiger partial charge is 0.264 e. The maximum atomic E-state index is 14.4. The van der Waals surface area contributed by atoms with Gasteiger partial charge in [0.05, 0.1) is 10.6 Å². The van der Waals surface area contributed by atoms with Crippen molar-refractivity contribution in [2.45, 2.75) is 30.8 Å². The van der Waals surface area contributed by atoms with Gasteiger partial charge >= 0.3 is 0 Å². The van der Waals surface area contributed by atoms with Crippen LogP contribution in [0.15, 0.2) is 102 Å². The standard InChI is InChI=1S/C32H29Cl4N3O4S/c1-2-37-32(41)30(16-22-10-5-3-6-11-22)38(20-27-28(35)14-9-15-29(27)36)31(40)21-39(25-18-23(33)17-24(34)19-25)44(42,43)26-12-7-4-8-13-26/h3-15,17-19,30H,2,16,20-21H2,1H3,(H,37,41)/t30-/m0/s1. The number of sulfonamides is 1. The minimum atomic E-state index is -4.30. The molecular weight excluding hydrogens is 664 g/mol. The second kappa shape index (κ2) is 15.1. The van der Waals surface area contributed by atoms with E-state index in [-0.39, 0.29) is 33.6 Å². The lowest BCUT2D eigenvalue weighted by molar-refractivity contribution is -0.140. The molecule has 1 atom stereocenters. The number of carbonyl (C=O) groups excluding carboxylic acids is 2. The lowest BCUT2D eigenvalue weighted by Crippen LogP contribution is -2.53. The summed E-state index contributed by atoms with van der Waals surface area (Å²) in [5.41, 5.74) is 1.28. The molecule has 4 aromatic rings. The van der Waals surface area contributed by atoms with Crippen LogP contribution in [0.2, 0.25) is 20.1 Å². The normalized spacial score (nSPS) is 11.9. The van der Waals surface area contributed by atoms with Gasteiger partial charge < -0.3 is 10.2 Å². The van der Waals surface area contributed by atoms with Crippen LogP contribution in [0.1, 0.15) is 18.1 Å². The Kier molecular flexibility index (Phi) is 11.6. The van der Waals surface area contributed by atoms with E-state index in [2.05, 4.69) is 5.32 Å². The van der Waals surface area contributed by atoms with Crippen molar-refractivity contribution in [2.24, 2.45) is 0 Å². The molecule has 0 heterocycles. The number of nitrogens with one attached hydrogen (secondary N) is 1. The van der Waals surface area contributed by atoms with Crippen molar-refractivity contribution in [3.8, 4) is 0 Å². The van der Waals surface area contributed by atoms with Crippen molar-refractivity contribution in [3.63, 3.8) is 0 Å². The van der Waals surface area contributed by atoms with E-state index in [0.717, 1.165) is 9.87 Å². The molecule has 0 aliphatic carbocycles. The van der Waals surface area contributed by atoms with Gasteiger partial charge in [-0.1, -0.05) is 101 Å². The number of amides is 2. The highest BCUT2D eigenvalue weighted by atomic mass is 35.5. The SMILES string of the molecule is CCNC(=O)[C@H](Cc1ccccc1)N(Cc1c(Cl)cccc1Cl)C(=O)CN(c1cc(Cl)cc(Cl)c1)S(=O)(=O)c1ccccc1. The summed E-state index contributed by atoms with van der Waals surface area (Å²) < 4.78 is 29.0. The third-order valence-electron chi connectivity index (χ3n) is 6.76. The van der Waals surface area contributed by atoms with E-state index in [1.54, 1.807) is 43.3 Å². The predicted molar refractivity (Wildman–Crippen MR) is 177 cm³/mol. The number of benzene rings is 4. The van der Waals surface area contributed by atoms with Gasteiger partial charge in [0.25, 0.3) is 10.0 Å². The molecule has 0 saturated heterocycles. The first kappa shape index (κ1) is 33.6. The summed E-state index contributed by atoms with van der Waals surface area (Å²) >= 11 is 25.6. The topological polar surface area (TPSA) is 86.8 Å². The molecule has 0 bridgehead atoms. The molecule has 2 amide bonds. The van der Waals surface area contributed by atoms with Crippen molar-refractivity contribution >= 4 is 73.9 Å². The van der Waals surface area contributed by atoms with Gasteiger partial charge in [-0.2, -0.15) is 0 Å². The first-order valence-corrected chi connectivity index (χ1v) is 16.5. The van der Waals surface area contributed by atoms with Gasteiger partial charge in [-0.05, 0) is 55.0 Å². The van der Waals surface area contributed by atoms with Crippen LogP contribution in [0.4, 0.5) is 5.69 Å². The summed E-state index contributed by atoms with van der Waals surface area (Å²) in [6.45, 7) is 1.24. The summed E-state index contributed by atoms with van der Waals surface area (Å²) in [4.78, 5) is 29.3. The van der Waals surface area contributed by atoms with Crippen molar-refractivity contribution < 1.29 is 18.0 Å². The molecule has 0 unspecified atom stereocenters. The van der Waals surface area contributed by atoms with Gasteiger partial charge in [-0.3, -0.25) is 13.9 Å². The number of halogens is 4. The summed E-state index contributed by atoms with van der Waals surface area (Å²) in [7, 11) is -4.30. The Balaban J connectivity index is 1.85. The Morgan fingerprint density at radius 1 is 0.795 bits per heavy atom. The lowest BCUT2D eigenvalue weighted by atomic mass is 10.0. The van der Waals surface area contributed by atoms with Gasteiger partial charge in [-0.15, -0.1) is 0 Å². The Morgan fingerprint density at radius 3 is 1.93 bits per heavy atom. The number of hydrogen-bond donors (Lipinski definition) is 1. The molecule has 0 fully saturated rings. The molecule has 12 heteroatoms. The molecule has 0 radical (unpaired) electrons. The lowest BCUT2D eigenvalue weighted by Gasteiger charge is -2.34. The molecule has 1 N–H and O–H groups in total. The summed E-state index contributed by atoms with van der Waals surface area (Å²) in [6, 6.07) is 25.0. The molecule has 7 nitrogen and oxygen atoms in total. The summed E-state index contributed by atoms with van der Waals surface area (Å²) in [5, 5.41) is 3.75. The predicted octanol–water partition coefficient (Wildman–Crippen LogP) is 7.27. The zero-order valence-corrected chi connectivity index (χ0v) is 27.4. The van der Waals surface area contributed by atoms with Crippen LogP contribution in [-0.2, 0) is 32.6 Å². The minimum Gasteiger partial charge on any atom is -0.355 e. The van der Waals surface area contributed by atoms with Gasteiger partial charge in [0, 0.05) is 45.2 Å². The Labute approximate surface area is 277 Å². The fourth-order valence-corrected chi connectivity index (χ4v) is 7.08. The van der Waals surface area contributed by atoms with Crippen LogP contribution >= 0.6 is 46.4 Å². The largest absolute Gasteiger partial charge is 0.355 e. The van der Waals surface area contributed by atoms with Crippen LogP contribution in [0.25, 0.3) is 0 Å². The third-order valence-corrected chi connectivity index (χ3v) is 9.69. The van der Waals surface area contributed by atoms with Gasteiger partial charge in [-0.25, -0.2) is 8.42 Å². The van der Waals surface area contributed by atoms with Crippen LogP contribution in [0.5, 0.6) is 0 Å². The maximum absolute atomic E-state index is 14.4. The first-order valence-electron chi connectivity index (χ1n) is 13.6. The Bertz CT molecular complexity index is 1680. The average Bonchev–Trinajstić information content (AvgIpc) is 2.99. The quantitative estimate of drug-likeness (QED) is 0.169. The second-order valence-corrected chi connectivity index (χ2v) is 13.3. The van der Waals surface area contributed by atoms with Gasteiger partial charge in [0.2, 0.25) is 11.8 Å². The third kappa shape index (κ3) is 8.25. The molecule has 0 aliphatic rings. The molecule has 0 saturated carbocycles. The van der Waals surface area contributed by atoms with E-state index in [9.17, 15) is 18.0 Å². The van der Waals surface area contributed by atoms with E-state index in [1.807, 2.05) is 30.3 Å². The Morgan fingerprint density at radius 2 is 1.36 bits per heavy atom. The highest BCUT2D eigenvalue weighted by Crippen LogP contribution is 2.31. The van der Waals surface area contributed by atoms with Gasteiger partial charge in [0.1, 0.15) is 12.6 Å². The number of anilines is 1. The number of likely N-dealkylation sites (N-methyl/N-ethyl adjacent to an activating group) is 1. The van der Waals surface area contributed by atoms with Crippen LogP contribution in [0.3, 0.4) is 0 Å². The molecule has 230 valence electrons. The molecule has 0 aliphatic heterocycles. The number of rotatable bonds is 12. The van der Waals surface area contributed by atoms with E-state index < -0.39 is 34.4 Å². The van der Waals surface area contributed by atoms with E-state index in [0.29, 0.717) is 22.2 Å². The first-order chi connectivity index (χ1) is 21.0. The van der Waals surface area contributed by atoms with Crippen molar-refractivity contribution in [3.05, 3.63) is 128 Å². The van der Waals surface area contributed by atoms with E-state index in [1.165, 1.54) is 35.2 Å².